The van der Waals surface area contributed by atoms with Gasteiger partial charge in [0.05, 0.1) is 22.9 Å². The zero-order valence-corrected chi connectivity index (χ0v) is 14.6. The van der Waals surface area contributed by atoms with E-state index in [-0.39, 0.29) is 0 Å². The molecular weight excluding hydrogens is 352 g/mol. The van der Waals surface area contributed by atoms with Crippen LogP contribution < -0.4 is 0 Å². The molecule has 1 atom stereocenters. The summed E-state index contributed by atoms with van der Waals surface area (Å²) in [6.45, 7) is 4.32. The van der Waals surface area contributed by atoms with Gasteiger partial charge in [-0.2, -0.15) is 5.10 Å². The maximum atomic E-state index is 10.3. The number of halogens is 2. The summed E-state index contributed by atoms with van der Waals surface area (Å²) in [5, 5.41) is 15.6. The summed E-state index contributed by atoms with van der Waals surface area (Å²) >= 11 is 9.35. The molecule has 0 bridgehead atoms. The van der Waals surface area contributed by atoms with Crippen molar-refractivity contribution in [2.75, 3.05) is 0 Å². The fourth-order valence-corrected chi connectivity index (χ4v) is 2.90. The number of aliphatic hydroxyl groups is 1. The molecule has 2 aromatic rings. The van der Waals surface area contributed by atoms with Crippen LogP contribution in [0, 0.1) is 0 Å². The van der Waals surface area contributed by atoms with E-state index in [9.17, 15) is 5.11 Å². The fourth-order valence-electron chi connectivity index (χ4n) is 2.39. The number of nitrogens with zero attached hydrogens (tertiary/aromatic N) is 2. The van der Waals surface area contributed by atoms with Crippen molar-refractivity contribution in [3.63, 3.8) is 0 Å². The summed E-state index contributed by atoms with van der Waals surface area (Å²) in [6, 6.07) is 7.89. The maximum Gasteiger partial charge on any atom is 0.0846 e. The molecule has 0 radical (unpaired) electrons. The van der Waals surface area contributed by atoms with Gasteiger partial charge in [0, 0.05) is 17.1 Å². The van der Waals surface area contributed by atoms with E-state index < -0.39 is 6.10 Å². The van der Waals surface area contributed by atoms with Gasteiger partial charge in [0.25, 0.3) is 0 Å². The van der Waals surface area contributed by atoms with Crippen LogP contribution in [0.2, 0.25) is 5.02 Å². The van der Waals surface area contributed by atoms with Crippen LogP contribution in [-0.4, -0.2) is 14.9 Å². The van der Waals surface area contributed by atoms with Crippen molar-refractivity contribution in [3.05, 3.63) is 51.2 Å². The van der Waals surface area contributed by atoms with Gasteiger partial charge in [-0.15, -0.1) is 0 Å². The molecule has 5 heteroatoms. The van der Waals surface area contributed by atoms with Gasteiger partial charge in [-0.3, -0.25) is 4.68 Å². The predicted octanol–water partition coefficient (Wildman–Crippen LogP) is 4.94. The molecule has 1 unspecified atom stereocenters. The Hall–Kier alpha value is -0.840. The number of hydrogen-bond acceptors (Lipinski definition) is 2. The van der Waals surface area contributed by atoms with Crippen molar-refractivity contribution >= 4 is 27.5 Å². The highest BCUT2D eigenvalue weighted by Crippen LogP contribution is 2.27. The van der Waals surface area contributed by atoms with Gasteiger partial charge in [-0.25, -0.2) is 0 Å². The number of rotatable bonds is 6. The lowest BCUT2D eigenvalue weighted by molar-refractivity contribution is 0.176. The molecular formula is C16H20BrClN2O. The molecule has 0 fully saturated rings. The first-order valence-electron chi connectivity index (χ1n) is 7.22. The van der Waals surface area contributed by atoms with E-state index in [4.69, 9.17) is 11.6 Å². The van der Waals surface area contributed by atoms with E-state index in [1.54, 1.807) is 6.07 Å². The largest absolute Gasteiger partial charge is 0.388 e. The average Bonchev–Trinajstić information content (AvgIpc) is 2.91. The molecule has 0 saturated heterocycles. The van der Waals surface area contributed by atoms with Gasteiger partial charge in [0.15, 0.2) is 0 Å². The Labute approximate surface area is 139 Å². The number of benzene rings is 1. The van der Waals surface area contributed by atoms with Crippen molar-refractivity contribution < 1.29 is 5.11 Å². The molecule has 1 heterocycles. The average molecular weight is 372 g/mol. The summed E-state index contributed by atoms with van der Waals surface area (Å²) < 4.78 is 2.79. The normalized spacial score (nSPS) is 12.9. The third-order valence-electron chi connectivity index (χ3n) is 3.71. The molecule has 2 rings (SSSR count). The summed E-state index contributed by atoms with van der Waals surface area (Å²) in [5.41, 5.74) is 1.74. The molecule has 0 aliphatic heterocycles. The Morgan fingerprint density at radius 3 is 2.62 bits per heavy atom. The minimum atomic E-state index is -0.580. The third kappa shape index (κ3) is 4.09. The summed E-state index contributed by atoms with van der Waals surface area (Å²) in [5.74, 6) is 0. The Balaban J connectivity index is 2.08. The van der Waals surface area contributed by atoms with Crippen molar-refractivity contribution in [3.8, 4) is 0 Å². The predicted molar refractivity (Wildman–Crippen MR) is 89.7 cm³/mol. The summed E-state index contributed by atoms with van der Waals surface area (Å²) in [4.78, 5) is 0. The standard InChI is InChI=1S/C16H20BrClN2O/c1-3-13(4-2)20-8-7-12(19-20)10-16(21)11-5-6-15(18)14(17)9-11/h5-9,13,16,21H,3-4,10H2,1-2H3. The molecule has 3 nitrogen and oxygen atoms in total. The first-order chi connectivity index (χ1) is 10.0. The van der Waals surface area contributed by atoms with E-state index in [1.165, 1.54) is 0 Å². The second-order valence-corrected chi connectivity index (χ2v) is 6.41. The van der Waals surface area contributed by atoms with Gasteiger partial charge >= 0.3 is 0 Å². The van der Waals surface area contributed by atoms with E-state index >= 15 is 0 Å². The molecule has 0 aliphatic carbocycles. The number of hydrogen-bond donors (Lipinski definition) is 1. The molecule has 0 aliphatic rings. The zero-order valence-electron chi connectivity index (χ0n) is 12.3. The van der Waals surface area contributed by atoms with Crippen LogP contribution in [0.25, 0.3) is 0 Å². The second kappa shape index (κ2) is 7.43. The van der Waals surface area contributed by atoms with Gasteiger partial charge < -0.3 is 5.11 Å². The van der Waals surface area contributed by atoms with Crippen LogP contribution >= 0.6 is 27.5 Å². The highest BCUT2D eigenvalue weighted by molar-refractivity contribution is 9.10. The Bertz CT molecular complexity index is 596. The summed E-state index contributed by atoms with van der Waals surface area (Å²) in [6.07, 6.45) is 4.04. The van der Waals surface area contributed by atoms with Gasteiger partial charge in [-0.1, -0.05) is 31.5 Å². The number of aromatic nitrogens is 2. The van der Waals surface area contributed by atoms with Crippen molar-refractivity contribution in [1.82, 2.24) is 9.78 Å². The minimum absolute atomic E-state index is 0.431. The lowest BCUT2D eigenvalue weighted by Crippen LogP contribution is -2.09. The smallest absolute Gasteiger partial charge is 0.0846 e. The number of aliphatic hydroxyl groups excluding tert-OH is 1. The van der Waals surface area contributed by atoms with Crippen LogP contribution in [0.5, 0.6) is 0 Å². The Kier molecular flexibility index (Phi) is 5.85. The lowest BCUT2D eigenvalue weighted by atomic mass is 10.1. The summed E-state index contributed by atoms with van der Waals surface area (Å²) in [7, 11) is 0. The van der Waals surface area contributed by atoms with Gasteiger partial charge in [-0.05, 0) is 52.5 Å². The van der Waals surface area contributed by atoms with E-state index in [1.807, 2.05) is 29.1 Å². The van der Waals surface area contributed by atoms with Gasteiger partial charge in [0.2, 0.25) is 0 Å². The molecule has 1 N–H and O–H groups in total. The lowest BCUT2D eigenvalue weighted by Gasteiger charge is -2.13. The van der Waals surface area contributed by atoms with Crippen molar-refractivity contribution in [2.45, 2.75) is 45.3 Å². The van der Waals surface area contributed by atoms with Crippen LogP contribution in [0.1, 0.15) is 50.1 Å². The van der Waals surface area contributed by atoms with Crippen molar-refractivity contribution in [1.29, 1.82) is 0 Å². The maximum absolute atomic E-state index is 10.3. The van der Waals surface area contributed by atoms with E-state index in [0.29, 0.717) is 17.5 Å². The molecule has 1 aromatic heterocycles. The molecule has 1 aromatic carbocycles. The van der Waals surface area contributed by atoms with E-state index in [0.717, 1.165) is 28.6 Å². The van der Waals surface area contributed by atoms with Crippen LogP contribution in [0.3, 0.4) is 0 Å². The Morgan fingerprint density at radius 2 is 2.00 bits per heavy atom. The topological polar surface area (TPSA) is 38.0 Å². The van der Waals surface area contributed by atoms with Crippen LogP contribution in [0.15, 0.2) is 34.9 Å². The van der Waals surface area contributed by atoms with Crippen molar-refractivity contribution in [2.24, 2.45) is 0 Å². The van der Waals surface area contributed by atoms with Crippen LogP contribution in [-0.2, 0) is 6.42 Å². The quantitative estimate of drug-likeness (QED) is 0.781. The third-order valence-corrected chi connectivity index (χ3v) is 4.93. The van der Waals surface area contributed by atoms with Gasteiger partial charge in [0.1, 0.15) is 0 Å². The molecule has 0 spiro atoms. The second-order valence-electron chi connectivity index (χ2n) is 5.15. The van der Waals surface area contributed by atoms with Crippen LogP contribution in [0.4, 0.5) is 0 Å². The highest BCUT2D eigenvalue weighted by Gasteiger charge is 2.14. The first kappa shape index (κ1) is 16.5. The zero-order chi connectivity index (χ0) is 15.4. The molecule has 0 saturated carbocycles. The minimum Gasteiger partial charge on any atom is -0.388 e. The molecule has 114 valence electrons. The molecule has 21 heavy (non-hydrogen) atoms. The SMILES string of the molecule is CCC(CC)n1ccc(CC(O)c2ccc(Cl)c(Br)c2)n1. The fraction of sp³-hybridized carbons (Fsp3) is 0.438. The first-order valence-corrected chi connectivity index (χ1v) is 8.39. The monoisotopic (exact) mass is 370 g/mol. The highest BCUT2D eigenvalue weighted by atomic mass is 79.9. The Morgan fingerprint density at radius 1 is 1.29 bits per heavy atom. The van der Waals surface area contributed by atoms with E-state index in [2.05, 4.69) is 34.9 Å². The molecule has 0 amide bonds.